The number of aromatic hydroxyl groups is 1. The summed E-state index contributed by atoms with van der Waals surface area (Å²) in [5, 5.41) is 30.4. The van der Waals surface area contributed by atoms with Gasteiger partial charge in [-0.3, -0.25) is 4.68 Å². The van der Waals surface area contributed by atoms with E-state index in [0.717, 1.165) is 64.7 Å². The molecule has 0 radical (unpaired) electrons. The summed E-state index contributed by atoms with van der Waals surface area (Å²) in [6, 6.07) is 21.8. The van der Waals surface area contributed by atoms with Crippen molar-refractivity contribution in [3.05, 3.63) is 137 Å². The molecule has 350 valence electrons. The van der Waals surface area contributed by atoms with E-state index >= 15 is 0 Å². The van der Waals surface area contributed by atoms with Crippen LogP contribution in [0.3, 0.4) is 0 Å². The summed E-state index contributed by atoms with van der Waals surface area (Å²) < 4.78 is 15.9. The first kappa shape index (κ1) is 46.9. The third-order valence-corrected chi connectivity index (χ3v) is 11.7. The summed E-state index contributed by atoms with van der Waals surface area (Å²) in [5.74, 6) is 1.22. The number of ether oxygens (including phenoxy) is 2. The van der Waals surface area contributed by atoms with Gasteiger partial charge in [0, 0.05) is 83.9 Å². The predicted octanol–water partition coefficient (Wildman–Crippen LogP) is 9.47. The second-order valence-electron chi connectivity index (χ2n) is 17.2. The molecule has 1 aliphatic rings. The van der Waals surface area contributed by atoms with Gasteiger partial charge in [0.2, 0.25) is 5.88 Å². The Labute approximate surface area is 402 Å². The molecule has 0 bridgehead atoms. The fourth-order valence-electron chi connectivity index (χ4n) is 7.67. The van der Waals surface area contributed by atoms with Gasteiger partial charge in [-0.25, -0.2) is 28.8 Å². The van der Waals surface area contributed by atoms with Crippen LogP contribution in [-0.2, 0) is 11.8 Å². The van der Waals surface area contributed by atoms with Gasteiger partial charge in [0.1, 0.15) is 23.0 Å². The molecule has 6 heterocycles. The average Bonchev–Trinajstić information content (AvgIpc) is 4.07. The number of methoxy groups -OCH3 is 1. The normalized spacial score (nSPS) is 15.5. The smallest absolute Gasteiger partial charge is 0.407 e. The number of fused-ring (bicyclic) bond motifs is 2. The van der Waals surface area contributed by atoms with E-state index in [4.69, 9.17) is 44.1 Å². The van der Waals surface area contributed by atoms with Crippen molar-refractivity contribution in [1.82, 2.24) is 39.3 Å². The number of para-hydroxylation sites is 1. The van der Waals surface area contributed by atoms with E-state index in [0.29, 0.717) is 44.3 Å². The molecule has 68 heavy (non-hydrogen) atoms. The molecule has 0 aliphatic heterocycles. The molecule has 9 rings (SSSR count). The van der Waals surface area contributed by atoms with Gasteiger partial charge in [0.25, 0.3) is 0 Å². The number of amides is 1. The van der Waals surface area contributed by atoms with E-state index in [1.165, 1.54) is 12.1 Å². The molecule has 8 aromatic rings. The zero-order valence-corrected chi connectivity index (χ0v) is 39.6. The standard InChI is InChI=1S/C29H35ClN8O2.C20H16ClN5O2/c1-29(2,3)40-28(39)35-21-11-9-20(10-12-21)34-26-22(27(31)36-24-8-6-5-7-23(24)30)15-33-38-17-18(13-25(26)38)19-14-32-37(4)16-19;1-28-19-5-2-12(9-23-19)14-7-15-6-13(10-24-26(15)11-14)20(22)25-18-4-3-16(27)8-17(18)21/h5-8,13-17,20-21,34H,9-12H2,1-4H3,(H2,31,36)(H,35,39);2-11,27H,1H3,(H2,22,25). The number of aliphatic imine (C=N–C) groups is 2. The van der Waals surface area contributed by atoms with Gasteiger partial charge >= 0.3 is 6.09 Å². The summed E-state index contributed by atoms with van der Waals surface area (Å²) in [6.07, 6.45) is 15.8. The van der Waals surface area contributed by atoms with Gasteiger partial charge < -0.3 is 36.7 Å². The Morgan fingerprint density at radius 1 is 0.765 bits per heavy atom. The molecule has 1 amide bonds. The predicted molar refractivity (Wildman–Crippen MR) is 267 cm³/mol. The van der Waals surface area contributed by atoms with Gasteiger partial charge in [0.15, 0.2) is 0 Å². The van der Waals surface area contributed by atoms with Crippen LogP contribution in [0.5, 0.6) is 11.6 Å². The number of nitrogens with one attached hydrogen (secondary N) is 2. The molecule has 0 unspecified atom stereocenters. The Kier molecular flexibility index (Phi) is 13.8. The maximum Gasteiger partial charge on any atom is 0.407 e. The highest BCUT2D eigenvalue weighted by Gasteiger charge is 2.27. The van der Waals surface area contributed by atoms with Crippen LogP contribution in [0.1, 0.15) is 57.6 Å². The van der Waals surface area contributed by atoms with Gasteiger partial charge in [0.05, 0.1) is 69.4 Å². The topological polar surface area (TPSA) is 222 Å². The Bertz CT molecular complexity index is 3150. The molecule has 1 aliphatic carbocycles. The molecule has 2 aromatic carbocycles. The molecule has 1 fully saturated rings. The molecule has 7 N–H and O–H groups in total. The second-order valence-corrected chi connectivity index (χ2v) is 18.1. The maximum absolute atomic E-state index is 12.3. The Balaban J connectivity index is 0.000000196. The van der Waals surface area contributed by atoms with Crippen molar-refractivity contribution in [2.75, 3.05) is 12.4 Å². The number of nitrogens with two attached hydrogens (primary N) is 2. The van der Waals surface area contributed by atoms with Gasteiger partial charge in [-0.1, -0.05) is 35.3 Å². The number of alkyl carbamates (subject to hydrolysis) is 1. The number of pyridine rings is 1. The van der Waals surface area contributed by atoms with E-state index in [2.05, 4.69) is 47.0 Å². The number of amidine groups is 2. The van der Waals surface area contributed by atoms with Gasteiger partial charge in [-0.05, 0) is 95.0 Å². The lowest BCUT2D eigenvalue weighted by molar-refractivity contribution is 0.0492. The molecule has 19 heteroatoms. The molecule has 0 atom stereocenters. The van der Waals surface area contributed by atoms with Crippen molar-refractivity contribution in [1.29, 1.82) is 0 Å². The number of hydrogen-bond acceptors (Lipinski definition) is 11. The van der Waals surface area contributed by atoms with Crippen molar-refractivity contribution in [2.45, 2.75) is 64.1 Å². The number of phenolic OH excluding ortho intramolecular Hbond substituents is 1. The fraction of sp³-hybridized carbons (Fsp3) is 0.245. The summed E-state index contributed by atoms with van der Waals surface area (Å²) in [7, 11) is 3.47. The third kappa shape index (κ3) is 11.3. The van der Waals surface area contributed by atoms with Crippen molar-refractivity contribution >= 4 is 69.1 Å². The Morgan fingerprint density at radius 3 is 2.16 bits per heavy atom. The summed E-state index contributed by atoms with van der Waals surface area (Å²) in [4.78, 5) is 25.5. The van der Waals surface area contributed by atoms with Crippen LogP contribution in [0.15, 0.2) is 126 Å². The quantitative estimate of drug-likeness (QED) is 0.0642. The zero-order chi connectivity index (χ0) is 48.1. The first-order chi connectivity index (χ1) is 32.6. The van der Waals surface area contributed by atoms with Crippen LogP contribution in [0, 0.1) is 0 Å². The Hall–Kier alpha value is -7.63. The summed E-state index contributed by atoms with van der Waals surface area (Å²) in [5.41, 5.74) is 21.1. The second kappa shape index (κ2) is 20.1. The number of aromatic nitrogens is 7. The van der Waals surface area contributed by atoms with Crippen molar-refractivity contribution < 1.29 is 19.4 Å². The average molecular weight is 957 g/mol. The highest BCUT2D eigenvalue weighted by Crippen LogP contribution is 2.33. The first-order valence-corrected chi connectivity index (χ1v) is 22.5. The van der Waals surface area contributed by atoms with E-state index in [9.17, 15) is 9.90 Å². The third-order valence-electron chi connectivity index (χ3n) is 11.0. The number of hydrogen-bond donors (Lipinski definition) is 5. The first-order valence-electron chi connectivity index (χ1n) is 21.8. The molecule has 17 nitrogen and oxygen atoms in total. The number of benzene rings is 2. The minimum Gasteiger partial charge on any atom is -0.508 e. The van der Waals surface area contributed by atoms with Gasteiger partial charge in [-0.15, -0.1) is 0 Å². The molecule has 6 aromatic heterocycles. The van der Waals surface area contributed by atoms with Crippen LogP contribution in [0.2, 0.25) is 10.0 Å². The highest BCUT2D eigenvalue weighted by atomic mass is 35.5. The highest BCUT2D eigenvalue weighted by molar-refractivity contribution is 6.33. The van der Waals surface area contributed by atoms with Crippen molar-refractivity contribution in [3.8, 4) is 33.9 Å². The fourth-order valence-corrected chi connectivity index (χ4v) is 8.07. The van der Waals surface area contributed by atoms with Crippen molar-refractivity contribution in [2.24, 2.45) is 28.5 Å². The SMILES string of the molecule is COc1ccc(-c2cc3cc(C(N)=Nc4ccc(O)cc4Cl)cnn3c2)cn1.Cn1cc(-c2cc3c(NC4CCC(NC(=O)OC(C)(C)C)CC4)c(C(N)=Nc4ccccc4Cl)cnn3c2)cn1. The van der Waals surface area contributed by atoms with Crippen LogP contribution in [-0.4, -0.2) is 81.7 Å². The lowest BCUT2D eigenvalue weighted by atomic mass is 9.91. The largest absolute Gasteiger partial charge is 0.508 e. The number of halogens is 2. The molecule has 0 saturated heterocycles. The lowest BCUT2D eigenvalue weighted by Gasteiger charge is -2.31. The number of anilines is 1. The van der Waals surface area contributed by atoms with E-state index in [-0.39, 0.29) is 29.8 Å². The minimum absolute atomic E-state index is 0.0688. The van der Waals surface area contributed by atoms with E-state index in [1.54, 1.807) is 47.0 Å². The number of nitrogens with zero attached hydrogens (tertiary/aromatic N) is 9. The van der Waals surface area contributed by atoms with Crippen LogP contribution >= 0.6 is 23.2 Å². The maximum atomic E-state index is 12.3. The van der Waals surface area contributed by atoms with Crippen LogP contribution in [0.4, 0.5) is 21.9 Å². The van der Waals surface area contributed by atoms with E-state index in [1.807, 2.05) is 99.6 Å². The summed E-state index contributed by atoms with van der Waals surface area (Å²) >= 11 is 12.5. The zero-order valence-electron chi connectivity index (χ0n) is 38.1. The number of carbonyl (C=O) groups excluding carboxylic acids is 1. The summed E-state index contributed by atoms with van der Waals surface area (Å²) in [6.45, 7) is 5.59. The number of rotatable bonds is 10. The van der Waals surface area contributed by atoms with Crippen LogP contribution in [0.25, 0.3) is 33.3 Å². The van der Waals surface area contributed by atoms with E-state index < -0.39 is 5.60 Å². The van der Waals surface area contributed by atoms with Gasteiger partial charge in [-0.2, -0.15) is 15.3 Å². The molecular weight excluding hydrogens is 906 g/mol. The lowest BCUT2D eigenvalue weighted by Crippen LogP contribution is -2.42. The Morgan fingerprint density at radius 2 is 1.47 bits per heavy atom. The molecular formula is C49H51Cl2N13O4. The number of phenols is 1. The molecule has 1 saturated carbocycles. The molecule has 0 spiro atoms. The van der Waals surface area contributed by atoms with Crippen LogP contribution < -0.4 is 26.8 Å². The minimum atomic E-state index is -0.525. The number of carbonyl (C=O) groups is 1. The van der Waals surface area contributed by atoms with Crippen molar-refractivity contribution in [3.63, 3.8) is 0 Å². The monoisotopic (exact) mass is 955 g/mol. The number of aryl methyl sites for hydroxylation is 1.